The summed E-state index contributed by atoms with van der Waals surface area (Å²) in [4.78, 5) is 28.3. The normalized spacial score (nSPS) is 14.0. The van der Waals surface area contributed by atoms with Crippen molar-refractivity contribution in [3.8, 4) is 0 Å². The van der Waals surface area contributed by atoms with Crippen molar-refractivity contribution in [2.45, 2.75) is 22.8 Å². The van der Waals surface area contributed by atoms with Crippen LogP contribution in [0.15, 0.2) is 45.3 Å². The third kappa shape index (κ3) is 4.54. The van der Waals surface area contributed by atoms with Crippen molar-refractivity contribution in [1.29, 1.82) is 0 Å². The van der Waals surface area contributed by atoms with Crippen LogP contribution in [0.3, 0.4) is 0 Å². The lowest BCUT2D eigenvalue weighted by Crippen LogP contribution is -2.33. The van der Waals surface area contributed by atoms with E-state index in [1.54, 1.807) is 0 Å². The Labute approximate surface area is 161 Å². The number of alkyl halides is 3. The van der Waals surface area contributed by atoms with Gasteiger partial charge in [-0.1, -0.05) is 11.8 Å². The first-order chi connectivity index (χ1) is 13.1. The smallest absolute Gasteiger partial charge is 0.322 e. The average molecular weight is 434 g/mol. The van der Waals surface area contributed by atoms with Crippen LogP contribution in [0.25, 0.3) is 0 Å². The first-order valence-electron chi connectivity index (χ1n) is 7.77. The number of halogens is 3. The Morgan fingerprint density at radius 3 is 2.57 bits per heavy atom. The number of fused-ring (bicyclic) bond motifs is 1. The molecule has 0 spiro atoms. The van der Waals surface area contributed by atoms with Crippen LogP contribution in [0.4, 0.5) is 18.9 Å². The molecule has 0 radical (unpaired) electrons. The SMILES string of the molecule is O=C(Nc1ccc(S(=O)(=O)NCC(F)(F)F)cc1)c1cnc2n(c1=O)CCS2. The van der Waals surface area contributed by atoms with E-state index in [-0.39, 0.29) is 11.3 Å². The van der Waals surface area contributed by atoms with Gasteiger partial charge >= 0.3 is 6.18 Å². The van der Waals surface area contributed by atoms with Gasteiger partial charge in [0, 0.05) is 24.2 Å². The summed E-state index contributed by atoms with van der Waals surface area (Å²) >= 11 is 1.40. The molecule has 0 unspecified atom stereocenters. The fraction of sp³-hybridized carbons (Fsp3) is 0.267. The van der Waals surface area contributed by atoms with Gasteiger partial charge in [-0.15, -0.1) is 0 Å². The molecule has 0 saturated heterocycles. The second kappa shape index (κ2) is 7.56. The molecule has 1 aliphatic heterocycles. The molecule has 0 atom stereocenters. The molecule has 1 aromatic heterocycles. The predicted molar refractivity (Wildman–Crippen MR) is 94.9 cm³/mol. The number of nitrogens with zero attached hydrogens (tertiary/aromatic N) is 2. The van der Waals surface area contributed by atoms with Gasteiger partial charge in [0.2, 0.25) is 10.0 Å². The number of sulfonamides is 1. The number of nitrogens with one attached hydrogen (secondary N) is 2. The highest BCUT2D eigenvalue weighted by Crippen LogP contribution is 2.21. The van der Waals surface area contributed by atoms with E-state index < -0.39 is 39.1 Å². The van der Waals surface area contributed by atoms with Crippen molar-refractivity contribution in [2.24, 2.45) is 0 Å². The summed E-state index contributed by atoms with van der Waals surface area (Å²) in [6, 6.07) is 4.49. The zero-order valence-electron chi connectivity index (χ0n) is 14.0. The Bertz CT molecular complexity index is 1070. The maximum Gasteiger partial charge on any atom is 0.402 e. The summed E-state index contributed by atoms with van der Waals surface area (Å²) in [7, 11) is -4.35. The molecule has 2 N–H and O–H groups in total. The van der Waals surface area contributed by atoms with Gasteiger partial charge in [0.15, 0.2) is 5.16 Å². The lowest BCUT2D eigenvalue weighted by molar-refractivity contribution is -0.121. The van der Waals surface area contributed by atoms with Crippen LogP contribution in [0.1, 0.15) is 10.4 Å². The molecular formula is C15H13F3N4O4S2. The molecule has 2 aromatic rings. The lowest BCUT2D eigenvalue weighted by atomic mass is 10.2. The van der Waals surface area contributed by atoms with Gasteiger partial charge in [-0.3, -0.25) is 14.2 Å². The van der Waals surface area contributed by atoms with E-state index in [0.717, 1.165) is 12.1 Å². The summed E-state index contributed by atoms with van der Waals surface area (Å²) in [5.74, 6) is -0.0403. The topological polar surface area (TPSA) is 110 Å². The van der Waals surface area contributed by atoms with Gasteiger partial charge in [-0.05, 0) is 24.3 Å². The fourth-order valence-electron chi connectivity index (χ4n) is 2.35. The molecule has 150 valence electrons. The van der Waals surface area contributed by atoms with E-state index >= 15 is 0 Å². The van der Waals surface area contributed by atoms with Crippen molar-refractivity contribution in [2.75, 3.05) is 17.6 Å². The van der Waals surface area contributed by atoms with Crippen LogP contribution < -0.4 is 15.6 Å². The first-order valence-corrected chi connectivity index (χ1v) is 10.2. The van der Waals surface area contributed by atoms with E-state index in [4.69, 9.17) is 0 Å². The maximum atomic E-state index is 12.3. The third-order valence-electron chi connectivity index (χ3n) is 3.69. The monoisotopic (exact) mass is 434 g/mol. The molecular weight excluding hydrogens is 421 g/mol. The molecule has 0 saturated carbocycles. The van der Waals surface area contributed by atoms with Crippen molar-refractivity contribution in [3.05, 3.63) is 46.4 Å². The molecule has 3 rings (SSSR count). The number of aromatic nitrogens is 2. The molecule has 1 amide bonds. The fourth-order valence-corrected chi connectivity index (χ4v) is 4.28. The number of benzene rings is 1. The highest BCUT2D eigenvalue weighted by Gasteiger charge is 2.30. The highest BCUT2D eigenvalue weighted by molar-refractivity contribution is 7.99. The zero-order valence-corrected chi connectivity index (χ0v) is 15.6. The van der Waals surface area contributed by atoms with E-state index in [2.05, 4.69) is 10.3 Å². The van der Waals surface area contributed by atoms with Crippen LogP contribution in [0, 0.1) is 0 Å². The van der Waals surface area contributed by atoms with Gasteiger partial charge in [0.25, 0.3) is 11.5 Å². The average Bonchev–Trinajstić information content (AvgIpc) is 3.10. The van der Waals surface area contributed by atoms with Crippen LogP contribution in [-0.4, -0.2) is 42.3 Å². The number of carbonyl (C=O) groups excluding carboxylic acids is 1. The molecule has 1 aromatic carbocycles. The number of hydrogen-bond acceptors (Lipinski definition) is 6. The molecule has 0 aliphatic carbocycles. The maximum absolute atomic E-state index is 12.3. The number of carbonyl (C=O) groups is 1. The van der Waals surface area contributed by atoms with Gasteiger partial charge in [0.1, 0.15) is 12.1 Å². The second-order valence-corrected chi connectivity index (χ2v) is 8.51. The van der Waals surface area contributed by atoms with E-state index in [1.807, 2.05) is 0 Å². The zero-order chi connectivity index (χ0) is 20.5. The Balaban J connectivity index is 1.73. The Kier molecular flexibility index (Phi) is 5.50. The minimum atomic E-state index is -4.68. The van der Waals surface area contributed by atoms with Crippen molar-refractivity contribution in [3.63, 3.8) is 0 Å². The molecule has 0 bridgehead atoms. The number of hydrogen-bond donors (Lipinski definition) is 2. The van der Waals surface area contributed by atoms with E-state index in [0.29, 0.717) is 17.5 Å². The summed E-state index contributed by atoms with van der Waals surface area (Å²) < 4.78 is 63.0. The predicted octanol–water partition coefficient (Wildman–Crippen LogP) is 1.44. The Hall–Kier alpha value is -2.38. The van der Waals surface area contributed by atoms with Crippen LogP contribution in [-0.2, 0) is 16.6 Å². The second-order valence-electron chi connectivity index (χ2n) is 5.68. The van der Waals surface area contributed by atoms with Crippen LogP contribution in [0.2, 0.25) is 0 Å². The van der Waals surface area contributed by atoms with Gasteiger partial charge in [-0.25, -0.2) is 18.1 Å². The summed E-state index contributed by atoms with van der Waals surface area (Å²) in [5.41, 5.74) is -0.489. The number of thioether (sulfide) groups is 1. The van der Waals surface area contributed by atoms with Crippen LogP contribution in [0.5, 0.6) is 0 Å². The van der Waals surface area contributed by atoms with Gasteiger partial charge in [0.05, 0.1) is 4.90 Å². The summed E-state index contributed by atoms with van der Waals surface area (Å²) in [6.45, 7) is -1.24. The van der Waals surface area contributed by atoms with Gasteiger partial charge < -0.3 is 5.32 Å². The summed E-state index contributed by atoms with van der Waals surface area (Å²) in [6.07, 6.45) is -3.51. The highest BCUT2D eigenvalue weighted by atomic mass is 32.2. The number of anilines is 1. The van der Waals surface area contributed by atoms with E-state index in [9.17, 15) is 31.2 Å². The first kappa shape index (κ1) is 20.4. The van der Waals surface area contributed by atoms with Crippen LogP contribution >= 0.6 is 11.8 Å². The molecule has 0 fully saturated rings. The molecule has 1 aliphatic rings. The Morgan fingerprint density at radius 1 is 1.25 bits per heavy atom. The third-order valence-corrected chi connectivity index (χ3v) is 6.07. The molecule has 8 nitrogen and oxygen atoms in total. The lowest BCUT2D eigenvalue weighted by Gasteiger charge is -2.10. The quantitative estimate of drug-likeness (QED) is 0.690. The van der Waals surface area contributed by atoms with Crippen molar-refractivity contribution >= 4 is 33.4 Å². The molecule has 2 heterocycles. The largest absolute Gasteiger partial charge is 0.402 e. The van der Waals surface area contributed by atoms with Crippen molar-refractivity contribution < 1.29 is 26.4 Å². The van der Waals surface area contributed by atoms with E-state index in [1.165, 1.54) is 39.4 Å². The van der Waals surface area contributed by atoms with Gasteiger partial charge in [-0.2, -0.15) is 13.2 Å². The number of amides is 1. The summed E-state index contributed by atoms with van der Waals surface area (Å²) in [5, 5.41) is 2.96. The number of rotatable bonds is 5. The molecule has 28 heavy (non-hydrogen) atoms. The minimum absolute atomic E-state index is 0.166. The standard InChI is InChI=1S/C15H13F3N4O4S2/c16-15(17,18)8-20-28(25,26)10-3-1-9(2-4-10)21-12(23)11-7-19-14-22(13(11)24)5-6-27-14/h1-4,7,20H,5-6,8H2,(H,21,23). The minimum Gasteiger partial charge on any atom is -0.322 e. The Morgan fingerprint density at radius 2 is 1.93 bits per heavy atom. The van der Waals surface area contributed by atoms with Crippen molar-refractivity contribution in [1.82, 2.24) is 14.3 Å². The molecule has 13 heteroatoms.